The largest absolute Gasteiger partial charge is 0.804 e. The second-order valence-electron chi connectivity index (χ2n) is 5.26. The molecule has 6 heteroatoms. The van der Waals surface area contributed by atoms with E-state index in [9.17, 15) is 10.1 Å². The fourth-order valence-corrected chi connectivity index (χ4v) is 2.26. The molecule has 0 amide bonds. The van der Waals surface area contributed by atoms with Gasteiger partial charge >= 0.3 is 5.15 Å². The van der Waals surface area contributed by atoms with E-state index in [0.717, 1.165) is 0 Å². The number of aromatic nitrogens is 2. The predicted molar refractivity (Wildman–Crippen MR) is 73.7 cm³/mol. The van der Waals surface area contributed by atoms with Gasteiger partial charge in [0.15, 0.2) is 5.15 Å². The highest BCUT2D eigenvalue weighted by Crippen LogP contribution is 2.23. The molecule has 1 aromatic rings. The first-order valence-electron chi connectivity index (χ1n) is 5.97. The number of rotatable bonds is 4. The zero-order chi connectivity index (χ0) is 14.0. The molecule has 0 radical (unpaired) electrons. The summed E-state index contributed by atoms with van der Waals surface area (Å²) < 4.78 is 1.16. The molecule has 0 N–H and O–H groups in total. The van der Waals surface area contributed by atoms with E-state index < -0.39 is 0 Å². The Morgan fingerprint density at radius 1 is 1.17 bits per heavy atom. The molecule has 1 aromatic heterocycles. The van der Waals surface area contributed by atoms with Gasteiger partial charge in [-0.15, -0.1) is 0 Å². The van der Waals surface area contributed by atoms with Crippen molar-refractivity contribution in [1.82, 2.24) is 4.73 Å². The highest BCUT2D eigenvalue weighted by atomic mass is 35.5. The third-order valence-corrected chi connectivity index (χ3v) is 3.27. The summed E-state index contributed by atoms with van der Waals surface area (Å²) in [4.78, 5) is 12.0. The van der Waals surface area contributed by atoms with Crippen molar-refractivity contribution in [3.05, 3.63) is 31.8 Å². The second-order valence-corrected chi connectivity index (χ2v) is 5.98. The molecule has 0 spiro atoms. The zero-order valence-electron chi connectivity index (χ0n) is 11.0. The topological polar surface area (TPSA) is 51.0 Å². The van der Waals surface area contributed by atoms with Crippen molar-refractivity contribution in [3.63, 3.8) is 0 Å². The van der Waals surface area contributed by atoms with Crippen LogP contribution >= 0.6 is 23.2 Å². The number of halogens is 2. The van der Waals surface area contributed by atoms with Gasteiger partial charge in [-0.05, 0) is 29.9 Å². The molecule has 0 aromatic carbocycles. The molecule has 0 atom stereocenters. The van der Waals surface area contributed by atoms with Gasteiger partial charge in [0, 0.05) is 11.3 Å². The highest BCUT2D eigenvalue weighted by Gasteiger charge is 2.26. The van der Waals surface area contributed by atoms with Crippen LogP contribution in [0.1, 0.15) is 39.1 Å². The SMILES string of the molecule is CC(C)Cc1c(Cl)[n+](=O)c(CC(C)C)c(Cl)n1[O-]. The second kappa shape index (κ2) is 5.93. The van der Waals surface area contributed by atoms with Crippen LogP contribution in [0.25, 0.3) is 0 Å². The van der Waals surface area contributed by atoms with Gasteiger partial charge in [-0.25, -0.2) is 0 Å². The first-order valence-corrected chi connectivity index (χ1v) is 6.73. The molecule has 1 heterocycles. The van der Waals surface area contributed by atoms with Gasteiger partial charge in [-0.1, -0.05) is 39.3 Å². The normalized spacial score (nSPS) is 11.6. The molecule has 0 saturated carbocycles. The molecular weight excluding hydrogens is 275 g/mol. The smallest absolute Gasteiger partial charge is 0.350 e. The van der Waals surface area contributed by atoms with Crippen molar-refractivity contribution < 1.29 is 4.43 Å². The van der Waals surface area contributed by atoms with E-state index in [2.05, 4.69) is 0 Å². The third-order valence-electron chi connectivity index (χ3n) is 2.53. The minimum absolute atomic E-state index is 0.0706. The summed E-state index contributed by atoms with van der Waals surface area (Å²) in [6.07, 6.45) is 0.846. The Bertz CT molecular complexity index is 496. The van der Waals surface area contributed by atoms with Crippen LogP contribution in [0, 0.1) is 22.0 Å². The van der Waals surface area contributed by atoms with Gasteiger partial charge in [0.1, 0.15) is 5.69 Å². The van der Waals surface area contributed by atoms with Crippen LogP contribution in [-0.4, -0.2) is 4.73 Å². The van der Waals surface area contributed by atoms with Crippen LogP contribution in [0.15, 0.2) is 0 Å². The van der Waals surface area contributed by atoms with Crippen LogP contribution < -0.4 is 4.43 Å². The lowest BCUT2D eigenvalue weighted by Gasteiger charge is -2.19. The Morgan fingerprint density at radius 2 is 1.67 bits per heavy atom. The average Bonchev–Trinajstić information content (AvgIpc) is 2.27. The van der Waals surface area contributed by atoms with Crippen LogP contribution in [0.4, 0.5) is 0 Å². The summed E-state index contributed by atoms with van der Waals surface area (Å²) in [6.45, 7) is 7.78. The monoisotopic (exact) mass is 292 g/mol. The van der Waals surface area contributed by atoms with Gasteiger partial charge in [-0.3, -0.25) is 0 Å². The van der Waals surface area contributed by atoms with Crippen molar-refractivity contribution in [2.45, 2.75) is 40.5 Å². The molecule has 0 unspecified atom stereocenters. The standard InChI is InChI=1S/C12H18Cl2N2O2/c1-7(2)5-9-11(13)16(18)10(6-8(3)4)12(14)15(9)17/h7-8H,5-6H2,1-4H3. The summed E-state index contributed by atoms with van der Waals surface area (Å²) in [5.74, 6) is 0.435. The van der Waals surface area contributed by atoms with Crippen molar-refractivity contribution in [2.24, 2.45) is 11.8 Å². The van der Waals surface area contributed by atoms with E-state index in [1.807, 2.05) is 27.7 Å². The van der Waals surface area contributed by atoms with E-state index in [1.54, 1.807) is 0 Å². The lowest BCUT2D eigenvalue weighted by molar-refractivity contribution is -0.504. The van der Waals surface area contributed by atoms with Gasteiger partial charge in [0.05, 0.1) is 4.43 Å². The van der Waals surface area contributed by atoms with E-state index in [1.165, 1.54) is 0 Å². The maximum absolute atomic E-state index is 12.0. The Labute approximate surface area is 117 Å². The Hall–Kier alpha value is -0.740. The van der Waals surface area contributed by atoms with E-state index >= 15 is 0 Å². The number of hydrogen-bond acceptors (Lipinski definition) is 2. The maximum atomic E-state index is 12.0. The molecule has 18 heavy (non-hydrogen) atoms. The maximum Gasteiger partial charge on any atom is 0.350 e. The van der Waals surface area contributed by atoms with Crippen LogP contribution in [0.3, 0.4) is 0 Å². The molecule has 1 rings (SSSR count). The van der Waals surface area contributed by atoms with Crippen LogP contribution in [-0.2, 0) is 12.8 Å². The summed E-state index contributed by atoms with van der Waals surface area (Å²) in [7, 11) is 0. The molecule has 0 fully saturated rings. The summed E-state index contributed by atoms with van der Waals surface area (Å²) in [5.41, 5.74) is 0.471. The number of hydrogen-bond donors (Lipinski definition) is 0. The van der Waals surface area contributed by atoms with Crippen LogP contribution in [0.5, 0.6) is 0 Å². The van der Waals surface area contributed by atoms with Crippen molar-refractivity contribution in [1.29, 1.82) is 0 Å². The molecular formula is C12H18Cl2N2O2. The fourth-order valence-electron chi connectivity index (χ4n) is 1.75. The van der Waals surface area contributed by atoms with Gasteiger partial charge in [-0.2, -0.15) is 0 Å². The third kappa shape index (κ3) is 3.18. The van der Waals surface area contributed by atoms with E-state index in [4.69, 9.17) is 23.2 Å². The number of nitrogens with zero attached hydrogens (tertiary/aromatic N) is 2. The Balaban J connectivity index is 3.41. The molecule has 0 aliphatic carbocycles. The Morgan fingerprint density at radius 3 is 2.11 bits per heavy atom. The van der Waals surface area contributed by atoms with E-state index in [0.29, 0.717) is 22.0 Å². The van der Waals surface area contributed by atoms with Gasteiger partial charge < -0.3 is 9.94 Å². The quantitative estimate of drug-likeness (QED) is 0.798. The van der Waals surface area contributed by atoms with Crippen LogP contribution in [0.2, 0.25) is 10.3 Å². The first kappa shape index (κ1) is 15.3. The van der Waals surface area contributed by atoms with Crippen molar-refractivity contribution >= 4 is 23.2 Å². The minimum atomic E-state index is -0.0706. The molecule has 4 nitrogen and oxygen atoms in total. The van der Waals surface area contributed by atoms with Gasteiger partial charge in [0.25, 0.3) is 5.69 Å². The molecule has 0 aliphatic heterocycles. The summed E-state index contributed by atoms with van der Waals surface area (Å²) in [6, 6.07) is 0. The highest BCUT2D eigenvalue weighted by molar-refractivity contribution is 6.31. The van der Waals surface area contributed by atoms with E-state index in [-0.39, 0.29) is 33.5 Å². The molecule has 0 bridgehead atoms. The molecule has 0 saturated heterocycles. The fraction of sp³-hybridized carbons (Fsp3) is 0.667. The minimum Gasteiger partial charge on any atom is -0.804 e. The van der Waals surface area contributed by atoms with Crippen molar-refractivity contribution in [3.8, 4) is 0 Å². The summed E-state index contributed by atoms with van der Waals surface area (Å²) >= 11 is 11.9. The predicted octanol–water partition coefficient (Wildman–Crippen LogP) is 3.45. The van der Waals surface area contributed by atoms with Crippen molar-refractivity contribution in [2.75, 3.05) is 0 Å². The van der Waals surface area contributed by atoms with Gasteiger partial charge in [0.2, 0.25) is 0 Å². The molecule has 0 aliphatic rings. The molecule has 102 valence electrons. The lowest BCUT2D eigenvalue weighted by Crippen LogP contribution is -2.29. The Kier molecular flexibility index (Phi) is 5.05. The zero-order valence-corrected chi connectivity index (χ0v) is 12.5. The first-order chi connectivity index (χ1) is 8.25. The average molecular weight is 293 g/mol. The lowest BCUT2D eigenvalue weighted by atomic mass is 10.1. The summed E-state index contributed by atoms with van der Waals surface area (Å²) in [5, 5.41) is 11.9.